The van der Waals surface area contributed by atoms with Gasteiger partial charge in [0.2, 0.25) is 17.6 Å². The van der Waals surface area contributed by atoms with Gasteiger partial charge in [-0.05, 0) is 12.5 Å². The topological polar surface area (TPSA) is 85.8 Å². The van der Waals surface area contributed by atoms with Gasteiger partial charge >= 0.3 is 0 Å². The van der Waals surface area contributed by atoms with Gasteiger partial charge in [-0.2, -0.15) is 4.98 Å². The molecule has 25 heavy (non-hydrogen) atoms. The third-order valence-electron chi connectivity index (χ3n) is 3.73. The first-order valence-corrected chi connectivity index (χ1v) is 8.19. The molecule has 2 heterocycles. The quantitative estimate of drug-likeness (QED) is 0.746. The predicted molar refractivity (Wildman–Crippen MR) is 92.6 cm³/mol. The van der Waals surface area contributed by atoms with Gasteiger partial charge < -0.3 is 14.4 Å². The lowest BCUT2D eigenvalue weighted by atomic mass is 10.1. The largest absolute Gasteiger partial charge is 0.350 e. The molecule has 1 aromatic carbocycles. The van der Waals surface area contributed by atoms with Gasteiger partial charge in [-0.25, -0.2) is 4.98 Å². The molecule has 1 amide bonds. The summed E-state index contributed by atoms with van der Waals surface area (Å²) in [4.78, 5) is 20.6. The molecule has 0 spiro atoms. The van der Waals surface area contributed by atoms with Crippen LogP contribution in [0.4, 0.5) is 0 Å². The first-order chi connectivity index (χ1) is 12.0. The second-order valence-electron chi connectivity index (χ2n) is 6.30. The number of amides is 1. The number of aromatic nitrogens is 4. The number of rotatable bonds is 6. The Kier molecular flexibility index (Phi) is 4.92. The average molecular weight is 339 g/mol. The van der Waals surface area contributed by atoms with Gasteiger partial charge in [0.15, 0.2) is 0 Å². The molecule has 130 valence electrons. The minimum absolute atomic E-state index is 0.0829. The zero-order valence-corrected chi connectivity index (χ0v) is 14.6. The molecular weight excluding hydrogens is 318 g/mol. The Hall–Kier alpha value is -2.96. The first kappa shape index (κ1) is 16.9. The Labute approximate surface area is 146 Å². The van der Waals surface area contributed by atoms with E-state index in [-0.39, 0.29) is 18.4 Å². The Morgan fingerprint density at radius 2 is 2.04 bits per heavy atom. The SMILES string of the molecule is Cc1ccc(CNC(=O)Cn2cnc(-c3noc(C(C)C)n3)c2)cc1. The van der Waals surface area contributed by atoms with Crippen LogP contribution in [0.2, 0.25) is 0 Å². The molecule has 0 saturated carbocycles. The summed E-state index contributed by atoms with van der Waals surface area (Å²) in [5, 5.41) is 6.82. The van der Waals surface area contributed by atoms with Crippen LogP contribution in [-0.2, 0) is 17.9 Å². The third kappa shape index (κ3) is 4.32. The van der Waals surface area contributed by atoms with Crippen LogP contribution in [0, 0.1) is 6.92 Å². The van der Waals surface area contributed by atoms with Crippen molar-refractivity contribution in [1.82, 2.24) is 25.0 Å². The van der Waals surface area contributed by atoms with Crippen LogP contribution >= 0.6 is 0 Å². The zero-order chi connectivity index (χ0) is 17.8. The van der Waals surface area contributed by atoms with Gasteiger partial charge in [-0.1, -0.05) is 48.8 Å². The fourth-order valence-corrected chi connectivity index (χ4v) is 2.26. The summed E-state index contributed by atoms with van der Waals surface area (Å²) in [5.74, 6) is 1.08. The highest BCUT2D eigenvalue weighted by Gasteiger charge is 2.14. The molecule has 0 atom stereocenters. The van der Waals surface area contributed by atoms with E-state index in [4.69, 9.17) is 4.52 Å². The second-order valence-corrected chi connectivity index (χ2v) is 6.30. The van der Waals surface area contributed by atoms with E-state index < -0.39 is 0 Å². The molecule has 3 aromatic rings. The fraction of sp³-hybridized carbons (Fsp3) is 0.333. The monoisotopic (exact) mass is 339 g/mol. The van der Waals surface area contributed by atoms with E-state index >= 15 is 0 Å². The van der Waals surface area contributed by atoms with Crippen LogP contribution in [0.25, 0.3) is 11.5 Å². The van der Waals surface area contributed by atoms with Gasteiger partial charge in [0.1, 0.15) is 12.2 Å². The summed E-state index contributed by atoms with van der Waals surface area (Å²) >= 11 is 0. The smallest absolute Gasteiger partial charge is 0.240 e. The van der Waals surface area contributed by atoms with Crippen molar-refractivity contribution in [1.29, 1.82) is 0 Å². The Balaban J connectivity index is 1.56. The minimum Gasteiger partial charge on any atom is -0.350 e. The van der Waals surface area contributed by atoms with Crippen molar-refractivity contribution < 1.29 is 9.32 Å². The normalized spacial score (nSPS) is 11.0. The maximum Gasteiger partial charge on any atom is 0.240 e. The molecule has 0 unspecified atom stereocenters. The fourth-order valence-electron chi connectivity index (χ4n) is 2.26. The first-order valence-electron chi connectivity index (χ1n) is 8.19. The number of hydrogen-bond acceptors (Lipinski definition) is 5. The lowest BCUT2D eigenvalue weighted by molar-refractivity contribution is -0.121. The number of nitrogens with one attached hydrogen (secondary N) is 1. The highest BCUT2D eigenvalue weighted by Crippen LogP contribution is 2.17. The summed E-state index contributed by atoms with van der Waals surface area (Å²) in [6, 6.07) is 8.07. The number of imidazole rings is 1. The second kappa shape index (κ2) is 7.29. The number of benzene rings is 1. The molecule has 0 aliphatic rings. The van der Waals surface area contributed by atoms with E-state index in [9.17, 15) is 4.79 Å². The number of carbonyl (C=O) groups is 1. The van der Waals surface area contributed by atoms with Crippen LogP contribution in [0.1, 0.15) is 36.8 Å². The van der Waals surface area contributed by atoms with E-state index in [0.717, 1.165) is 5.56 Å². The molecule has 1 N–H and O–H groups in total. The molecule has 0 aliphatic heterocycles. The molecule has 0 aliphatic carbocycles. The van der Waals surface area contributed by atoms with Crippen LogP contribution in [0.5, 0.6) is 0 Å². The van der Waals surface area contributed by atoms with Gasteiger partial charge in [0, 0.05) is 18.7 Å². The average Bonchev–Trinajstić information content (AvgIpc) is 3.23. The Morgan fingerprint density at radius 3 is 2.72 bits per heavy atom. The van der Waals surface area contributed by atoms with Crippen molar-refractivity contribution >= 4 is 5.91 Å². The van der Waals surface area contributed by atoms with Crippen molar-refractivity contribution in [3.8, 4) is 11.5 Å². The summed E-state index contributed by atoms with van der Waals surface area (Å²) < 4.78 is 6.88. The maximum absolute atomic E-state index is 12.1. The van der Waals surface area contributed by atoms with Gasteiger partial charge in [-0.15, -0.1) is 0 Å². The number of carbonyl (C=O) groups excluding carboxylic acids is 1. The van der Waals surface area contributed by atoms with Gasteiger partial charge in [-0.3, -0.25) is 4.79 Å². The predicted octanol–water partition coefficient (Wildman–Crippen LogP) is 2.68. The number of nitrogens with zero attached hydrogens (tertiary/aromatic N) is 4. The van der Waals surface area contributed by atoms with Crippen LogP contribution < -0.4 is 5.32 Å². The molecule has 2 aromatic heterocycles. The van der Waals surface area contributed by atoms with E-state index in [2.05, 4.69) is 20.4 Å². The number of aryl methyl sites for hydroxylation is 1. The van der Waals surface area contributed by atoms with Crippen LogP contribution in [0.3, 0.4) is 0 Å². The zero-order valence-electron chi connectivity index (χ0n) is 14.6. The molecule has 0 saturated heterocycles. The molecule has 7 nitrogen and oxygen atoms in total. The molecule has 0 bridgehead atoms. The van der Waals surface area contributed by atoms with Crippen LogP contribution in [-0.4, -0.2) is 25.6 Å². The minimum atomic E-state index is -0.0829. The lowest BCUT2D eigenvalue weighted by Gasteiger charge is -2.06. The highest BCUT2D eigenvalue weighted by molar-refractivity contribution is 5.75. The summed E-state index contributed by atoms with van der Waals surface area (Å²) in [7, 11) is 0. The maximum atomic E-state index is 12.1. The van der Waals surface area contributed by atoms with Crippen molar-refractivity contribution in [2.45, 2.75) is 39.8 Å². The van der Waals surface area contributed by atoms with Crippen molar-refractivity contribution in [3.05, 3.63) is 53.8 Å². The molecule has 7 heteroatoms. The summed E-state index contributed by atoms with van der Waals surface area (Å²) in [6.45, 7) is 6.69. The van der Waals surface area contributed by atoms with E-state index in [1.807, 2.05) is 45.0 Å². The van der Waals surface area contributed by atoms with Gasteiger partial charge in [0.25, 0.3) is 0 Å². The number of hydrogen-bond donors (Lipinski definition) is 1. The van der Waals surface area contributed by atoms with E-state index in [0.29, 0.717) is 24.0 Å². The van der Waals surface area contributed by atoms with Crippen LogP contribution in [0.15, 0.2) is 41.3 Å². The molecule has 0 radical (unpaired) electrons. The van der Waals surface area contributed by atoms with Crippen molar-refractivity contribution in [2.75, 3.05) is 0 Å². The Bertz CT molecular complexity index is 848. The van der Waals surface area contributed by atoms with Crippen molar-refractivity contribution in [2.24, 2.45) is 0 Å². The molecular formula is C18H21N5O2. The van der Waals surface area contributed by atoms with E-state index in [1.54, 1.807) is 17.1 Å². The van der Waals surface area contributed by atoms with E-state index in [1.165, 1.54) is 5.56 Å². The van der Waals surface area contributed by atoms with Gasteiger partial charge in [0.05, 0.1) is 6.33 Å². The highest BCUT2D eigenvalue weighted by atomic mass is 16.5. The third-order valence-corrected chi connectivity index (χ3v) is 3.73. The van der Waals surface area contributed by atoms with Crippen molar-refractivity contribution in [3.63, 3.8) is 0 Å². The standard InChI is InChI=1S/C18H21N5O2/c1-12(2)18-21-17(22-25-18)15-9-23(11-20-15)10-16(24)19-8-14-6-4-13(3)5-7-14/h4-7,9,11-12H,8,10H2,1-3H3,(H,19,24). The summed E-state index contributed by atoms with van der Waals surface area (Å²) in [5.41, 5.74) is 2.85. The summed E-state index contributed by atoms with van der Waals surface area (Å²) in [6.07, 6.45) is 3.33. The molecule has 3 rings (SSSR count). The lowest BCUT2D eigenvalue weighted by Crippen LogP contribution is -2.26. The Morgan fingerprint density at radius 1 is 1.28 bits per heavy atom. The molecule has 0 fully saturated rings.